The van der Waals surface area contributed by atoms with Crippen LogP contribution in [0.3, 0.4) is 0 Å². The minimum Gasteiger partial charge on any atom is -0.478 e. The van der Waals surface area contributed by atoms with Crippen LogP contribution in [0.2, 0.25) is 0 Å². The van der Waals surface area contributed by atoms with E-state index in [4.69, 9.17) is 5.11 Å². The molecular formula is C12H13NO2. The summed E-state index contributed by atoms with van der Waals surface area (Å²) in [6.45, 7) is 1.47. The van der Waals surface area contributed by atoms with Crippen LogP contribution in [0.5, 0.6) is 0 Å². The van der Waals surface area contributed by atoms with Crippen molar-refractivity contribution < 1.29 is 9.90 Å². The molecule has 3 nitrogen and oxygen atoms in total. The molecule has 0 unspecified atom stereocenters. The van der Waals surface area contributed by atoms with Gasteiger partial charge in [0.15, 0.2) is 0 Å². The summed E-state index contributed by atoms with van der Waals surface area (Å²) >= 11 is 0. The third-order valence-electron chi connectivity index (χ3n) is 2.61. The highest BCUT2D eigenvalue weighted by molar-refractivity contribution is 5.87. The molecule has 0 saturated carbocycles. The molecule has 0 atom stereocenters. The molecule has 1 aromatic rings. The van der Waals surface area contributed by atoms with Gasteiger partial charge in [0.1, 0.15) is 0 Å². The quantitative estimate of drug-likeness (QED) is 0.798. The second kappa shape index (κ2) is 4.17. The highest BCUT2D eigenvalue weighted by Crippen LogP contribution is 2.18. The first-order valence-corrected chi connectivity index (χ1v) is 4.99. The van der Waals surface area contributed by atoms with Gasteiger partial charge in [0, 0.05) is 24.4 Å². The highest BCUT2D eigenvalue weighted by Gasteiger charge is 2.15. The zero-order chi connectivity index (χ0) is 10.7. The number of nitrogens with zero attached hydrogens (tertiary/aromatic N) is 1. The van der Waals surface area contributed by atoms with E-state index in [0.717, 1.165) is 12.2 Å². The van der Waals surface area contributed by atoms with E-state index in [9.17, 15) is 4.79 Å². The molecule has 0 radical (unpaired) electrons. The van der Waals surface area contributed by atoms with Gasteiger partial charge >= 0.3 is 5.97 Å². The Bertz CT molecular complexity index is 384. The number of carbonyl (C=O) groups is 1. The van der Waals surface area contributed by atoms with Crippen molar-refractivity contribution in [2.24, 2.45) is 0 Å². The van der Waals surface area contributed by atoms with Crippen LogP contribution in [0.15, 0.2) is 42.0 Å². The number of hydrogen-bond acceptors (Lipinski definition) is 2. The predicted molar refractivity (Wildman–Crippen MR) is 59.0 cm³/mol. The molecule has 0 spiro atoms. The van der Waals surface area contributed by atoms with Gasteiger partial charge in [-0.3, -0.25) is 0 Å². The van der Waals surface area contributed by atoms with E-state index in [1.807, 2.05) is 30.3 Å². The van der Waals surface area contributed by atoms with Crippen molar-refractivity contribution >= 4 is 11.7 Å². The van der Waals surface area contributed by atoms with E-state index in [-0.39, 0.29) is 0 Å². The van der Waals surface area contributed by atoms with Crippen LogP contribution in [0.4, 0.5) is 5.69 Å². The number of rotatable bonds is 2. The smallest absolute Gasteiger partial charge is 0.331 e. The number of benzene rings is 1. The van der Waals surface area contributed by atoms with Crippen molar-refractivity contribution in [3.8, 4) is 0 Å². The Balaban J connectivity index is 2.09. The van der Waals surface area contributed by atoms with Crippen LogP contribution in [-0.4, -0.2) is 24.2 Å². The maximum absolute atomic E-state index is 10.7. The topological polar surface area (TPSA) is 40.5 Å². The normalized spacial score (nSPS) is 16.0. The van der Waals surface area contributed by atoms with Gasteiger partial charge in [-0.15, -0.1) is 0 Å². The molecule has 0 aromatic heterocycles. The molecule has 1 N–H and O–H groups in total. The average molecular weight is 203 g/mol. The first kappa shape index (κ1) is 9.77. The van der Waals surface area contributed by atoms with Gasteiger partial charge in [-0.2, -0.15) is 0 Å². The largest absolute Gasteiger partial charge is 0.478 e. The molecule has 0 bridgehead atoms. The predicted octanol–water partition coefficient (Wildman–Crippen LogP) is 1.91. The maximum atomic E-state index is 10.7. The molecule has 2 rings (SSSR count). The fraction of sp³-hybridized carbons (Fsp3) is 0.250. The van der Waals surface area contributed by atoms with Crippen LogP contribution < -0.4 is 4.90 Å². The summed E-state index contributed by atoms with van der Waals surface area (Å²) in [7, 11) is 0. The standard InChI is InChI=1S/C12H13NO2/c14-12(15)10-6-8-13(9-7-10)11-4-2-1-3-5-11/h1-6H,7-9H2,(H,14,15). The SMILES string of the molecule is O=C(O)C1=CCN(c2ccccc2)CC1. The van der Waals surface area contributed by atoms with Gasteiger partial charge in [0.05, 0.1) is 0 Å². The zero-order valence-corrected chi connectivity index (χ0v) is 8.39. The van der Waals surface area contributed by atoms with E-state index in [1.165, 1.54) is 0 Å². The van der Waals surface area contributed by atoms with E-state index in [2.05, 4.69) is 4.90 Å². The third-order valence-corrected chi connectivity index (χ3v) is 2.61. The summed E-state index contributed by atoms with van der Waals surface area (Å²) in [5.74, 6) is -0.789. The monoisotopic (exact) mass is 203 g/mol. The van der Waals surface area contributed by atoms with Crippen molar-refractivity contribution in [1.29, 1.82) is 0 Å². The number of anilines is 1. The Hall–Kier alpha value is -1.77. The first-order chi connectivity index (χ1) is 7.27. The molecule has 3 heteroatoms. The third kappa shape index (κ3) is 2.18. The average Bonchev–Trinajstić information content (AvgIpc) is 2.30. The molecule has 1 aliphatic rings. The number of carboxylic acid groups (broad SMARTS) is 1. The number of hydrogen-bond donors (Lipinski definition) is 1. The molecule has 1 aromatic carbocycles. The fourth-order valence-electron chi connectivity index (χ4n) is 1.74. The first-order valence-electron chi connectivity index (χ1n) is 4.99. The second-order valence-corrected chi connectivity index (χ2v) is 3.57. The number of aliphatic carboxylic acids is 1. The molecule has 1 aliphatic heterocycles. The van der Waals surface area contributed by atoms with Crippen molar-refractivity contribution in [2.75, 3.05) is 18.0 Å². The molecule has 0 aliphatic carbocycles. The van der Waals surface area contributed by atoms with Gasteiger partial charge < -0.3 is 10.0 Å². The molecule has 0 amide bonds. The summed E-state index contributed by atoms with van der Waals surface area (Å²) in [6.07, 6.45) is 2.41. The lowest BCUT2D eigenvalue weighted by Crippen LogP contribution is -2.29. The zero-order valence-electron chi connectivity index (χ0n) is 8.39. The molecule has 0 fully saturated rings. The van der Waals surface area contributed by atoms with Crippen LogP contribution in [0.25, 0.3) is 0 Å². The van der Waals surface area contributed by atoms with E-state index >= 15 is 0 Å². The van der Waals surface area contributed by atoms with Gasteiger partial charge in [0.25, 0.3) is 0 Å². The van der Waals surface area contributed by atoms with Gasteiger partial charge in [-0.25, -0.2) is 4.79 Å². The number of para-hydroxylation sites is 1. The second-order valence-electron chi connectivity index (χ2n) is 3.57. The van der Waals surface area contributed by atoms with E-state index in [1.54, 1.807) is 6.08 Å². The van der Waals surface area contributed by atoms with Crippen LogP contribution in [0, 0.1) is 0 Å². The Morgan fingerprint density at radius 3 is 2.53 bits per heavy atom. The van der Waals surface area contributed by atoms with Gasteiger partial charge in [-0.1, -0.05) is 24.3 Å². The molecule has 1 heterocycles. The van der Waals surface area contributed by atoms with Crippen LogP contribution in [-0.2, 0) is 4.79 Å². The van der Waals surface area contributed by atoms with E-state index < -0.39 is 5.97 Å². The summed E-state index contributed by atoms with van der Waals surface area (Å²) in [4.78, 5) is 12.9. The molecule has 15 heavy (non-hydrogen) atoms. The Kier molecular flexibility index (Phi) is 2.72. The Morgan fingerprint density at radius 2 is 2.00 bits per heavy atom. The van der Waals surface area contributed by atoms with Crippen molar-refractivity contribution in [1.82, 2.24) is 0 Å². The Labute approximate surface area is 88.6 Å². The van der Waals surface area contributed by atoms with Crippen molar-refractivity contribution in [3.63, 3.8) is 0 Å². The fourth-order valence-corrected chi connectivity index (χ4v) is 1.74. The van der Waals surface area contributed by atoms with Crippen molar-refractivity contribution in [2.45, 2.75) is 6.42 Å². The molecule has 78 valence electrons. The minimum absolute atomic E-state index is 0.530. The van der Waals surface area contributed by atoms with Crippen molar-refractivity contribution in [3.05, 3.63) is 42.0 Å². The summed E-state index contributed by atoms with van der Waals surface area (Å²) in [5, 5.41) is 8.81. The van der Waals surface area contributed by atoms with Gasteiger partial charge in [0.2, 0.25) is 0 Å². The molecule has 0 saturated heterocycles. The van der Waals surface area contributed by atoms with Crippen LogP contribution in [0.1, 0.15) is 6.42 Å². The van der Waals surface area contributed by atoms with Gasteiger partial charge in [-0.05, 0) is 18.6 Å². The Morgan fingerprint density at radius 1 is 1.27 bits per heavy atom. The number of carboxylic acids is 1. The highest BCUT2D eigenvalue weighted by atomic mass is 16.4. The lowest BCUT2D eigenvalue weighted by atomic mass is 10.1. The van der Waals surface area contributed by atoms with Crippen LogP contribution >= 0.6 is 0 Å². The summed E-state index contributed by atoms with van der Waals surface area (Å²) in [6, 6.07) is 10.0. The van der Waals surface area contributed by atoms with E-state index in [0.29, 0.717) is 18.5 Å². The summed E-state index contributed by atoms with van der Waals surface area (Å²) in [5.41, 5.74) is 1.68. The lowest BCUT2D eigenvalue weighted by Gasteiger charge is -2.27. The minimum atomic E-state index is -0.789. The summed E-state index contributed by atoms with van der Waals surface area (Å²) < 4.78 is 0. The maximum Gasteiger partial charge on any atom is 0.331 e. The lowest BCUT2D eigenvalue weighted by molar-refractivity contribution is -0.132. The molecular weight excluding hydrogens is 190 g/mol.